The van der Waals surface area contributed by atoms with E-state index in [4.69, 9.17) is 0 Å². The molecule has 166 valence electrons. The third kappa shape index (κ3) is 4.16. The second kappa shape index (κ2) is 8.59. The number of piperidine rings is 1. The summed E-state index contributed by atoms with van der Waals surface area (Å²) >= 11 is 0. The molecule has 2 heterocycles. The van der Waals surface area contributed by atoms with Gasteiger partial charge in [-0.1, -0.05) is 25.7 Å². The Bertz CT molecular complexity index is 971. The Kier molecular flexibility index (Phi) is 6.23. The zero-order valence-electron chi connectivity index (χ0n) is 17.2. The number of amides is 1. The highest BCUT2D eigenvalue weighted by molar-refractivity contribution is 7.92. The SMILES string of the molecule is O=C(c1ccc(S(=O)(=O)N2CCCCC2)cc1)N1CC(S(=O)(=O)C2CCCCC2)C1. The lowest BCUT2D eigenvalue weighted by Crippen LogP contribution is -2.58. The van der Waals surface area contributed by atoms with E-state index in [1.54, 1.807) is 4.90 Å². The van der Waals surface area contributed by atoms with Gasteiger partial charge in [-0.3, -0.25) is 4.79 Å². The maximum absolute atomic E-state index is 12.8. The van der Waals surface area contributed by atoms with Gasteiger partial charge in [0.15, 0.2) is 9.84 Å². The van der Waals surface area contributed by atoms with Gasteiger partial charge in [-0.2, -0.15) is 4.31 Å². The van der Waals surface area contributed by atoms with Crippen LogP contribution in [0.5, 0.6) is 0 Å². The van der Waals surface area contributed by atoms with Crippen LogP contribution in [0.2, 0.25) is 0 Å². The van der Waals surface area contributed by atoms with E-state index in [2.05, 4.69) is 0 Å². The molecule has 1 aliphatic carbocycles. The fourth-order valence-corrected chi connectivity index (χ4v) is 8.51. The van der Waals surface area contributed by atoms with Crippen molar-refractivity contribution in [2.75, 3.05) is 26.2 Å². The van der Waals surface area contributed by atoms with Crippen LogP contribution in [0.4, 0.5) is 0 Å². The monoisotopic (exact) mass is 454 g/mol. The van der Waals surface area contributed by atoms with Crippen LogP contribution in [0.3, 0.4) is 0 Å². The number of carbonyl (C=O) groups is 1. The maximum Gasteiger partial charge on any atom is 0.253 e. The molecular formula is C21H30N2O5S2. The minimum atomic E-state index is -3.53. The number of rotatable bonds is 5. The van der Waals surface area contributed by atoms with Crippen molar-refractivity contribution in [2.24, 2.45) is 0 Å². The van der Waals surface area contributed by atoms with Crippen molar-refractivity contribution < 1.29 is 21.6 Å². The normalized spacial score (nSPS) is 22.6. The Morgan fingerprint density at radius 2 is 1.33 bits per heavy atom. The molecule has 1 aromatic carbocycles. The lowest BCUT2D eigenvalue weighted by atomic mass is 10.0. The van der Waals surface area contributed by atoms with E-state index < -0.39 is 25.1 Å². The van der Waals surface area contributed by atoms with Crippen LogP contribution in [-0.2, 0) is 19.9 Å². The first-order chi connectivity index (χ1) is 14.3. The van der Waals surface area contributed by atoms with E-state index in [1.807, 2.05) is 0 Å². The van der Waals surface area contributed by atoms with Crippen molar-refractivity contribution >= 4 is 25.8 Å². The van der Waals surface area contributed by atoms with E-state index in [0.29, 0.717) is 18.7 Å². The molecule has 1 aromatic rings. The molecule has 3 aliphatic rings. The van der Waals surface area contributed by atoms with Crippen molar-refractivity contribution in [3.8, 4) is 0 Å². The third-order valence-corrected chi connectivity index (χ3v) is 11.2. The number of hydrogen-bond acceptors (Lipinski definition) is 5. The number of nitrogens with zero attached hydrogens (tertiary/aromatic N) is 2. The number of hydrogen-bond donors (Lipinski definition) is 0. The minimum absolute atomic E-state index is 0.197. The maximum atomic E-state index is 12.8. The average molecular weight is 455 g/mol. The first-order valence-electron chi connectivity index (χ1n) is 10.9. The van der Waals surface area contributed by atoms with Gasteiger partial charge in [0, 0.05) is 31.7 Å². The predicted octanol–water partition coefficient (Wildman–Crippen LogP) is 2.43. The van der Waals surface area contributed by atoms with Crippen molar-refractivity contribution in [3.63, 3.8) is 0 Å². The van der Waals surface area contributed by atoms with E-state index in [9.17, 15) is 21.6 Å². The number of benzene rings is 1. The highest BCUT2D eigenvalue weighted by Crippen LogP contribution is 2.30. The summed E-state index contributed by atoms with van der Waals surface area (Å²) < 4.78 is 52.5. The van der Waals surface area contributed by atoms with Gasteiger partial charge in [0.2, 0.25) is 10.0 Å². The van der Waals surface area contributed by atoms with Crippen LogP contribution in [0.25, 0.3) is 0 Å². The third-order valence-electron chi connectivity index (χ3n) is 6.67. The van der Waals surface area contributed by atoms with Crippen LogP contribution >= 0.6 is 0 Å². The molecule has 0 radical (unpaired) electrons. The molecule has 0 aromatic heterocycles. The number of likely N-dealkylation sites (tertiary alicyclic amines) is 1. The quantitative estimate of drug-likeness (QED) is 0.681. The molecule has 1 saturated carbocycles. The molecular weight excluding hydrogens is 424 g/mol. The number of carbonyl (C=O) groups excluding carboxylic acids is 1. The fourth-order valence-electron chi connectivity index (χ4n) is 4.68. The number of sulfonamides is 1. The zero-order valence-corrected chi connectivity index (χ0v) is 18.8. The summed E-state index contributed by atoms with van der Waals surface area (Å²) in [5.41, 5.74) is 0.390. The van der Waals surface area contributed by atoms with Crippen molar-refractivity contribution in [3.05, 3.63) is 29.8 Å². The minimum Gasteiger partial charge on any atom is -0.336 e. The summed E-state index contributed by atoms with van der Waals surface area (Å²) in [4.78, 5) is 14.4. The molecule has 3 fully saturated rings. The molecule has 0 atom stereocenters. The Morgan fingerprint density at radius 3 is 1.93 bits per heavy atom. The van der Waals surface area contributed by atoms with Gasteiger partial charge in [-0.25, -0.2) is 16.8 Å². The summed E-state index contributed by atoms with van der Waals surface area (Å²) in [6.07, 6.45) is 7.29. The van der Waals surface area contributed by atoms with Crippen LogP contribution in [0.15, 0.2) is 29.2 Å². The van der Waals surface area contributed by atoms with E-state index in [0.717, 1.165) is 51.4 Å². The molecule has 4 rings (SSSR count). The summed E-state index contributed by atoms with van der Waals surface area (Å²) in [5.74, 6) is -0.244. The van der Waals surface area contributed by atoms with Crippen LogP contribution < -0.4 is 0 Å². The second-order valence-electron chi connectivity index (χ2n) is 8.67. The van der Waals surface area contributed by atoms with Crippen LogP contribution in [0.1, 0.15) is 61.7 Å². The van der Waals surface area contributed by atoms with Crippen molar-refractivity contribution in [2.45, 2.75) is 66.8 Å². The summed E-state index contributed by atoms with van der Waals surface area (Å²) in [6, 6.07) is 6.02. The molecule has 30 heavy (non-hydrogen) atoms. The van der Waals surface area contributed by atoms with Gasteiger partial charge in [-0.05, 0) is 49.9 Å². The average Bonchev–Trinajstić information content (AvgIpc) is 2.74. The molecule has 0 spiro atoms. The summed E-state index contributed by atoms with van der Waals surface area (Å²) in [5, 5.41) is -0.726. The molecule has 0 bridgehead atoms. The Morgan fingerprint density at radius 1 is 0.767 bits per heavy atom. The first-order valence-corrected chi connectivity index (χ1v) is 14.0. The summed E-state index contributed by atoms with van der Waals surface area (Å²) in [6.45, 7) is 1.53. The fraction of sp³-hybridized carbons (Fsp3) is 0.667. The van der Waals surface area contributed by atoms with E-state index in [1.165, 1.54) is 28.6 Å². The standard InChI is InChI=1S/C21H30N2O5S2/c24-21(22-15-20(16-22)29(25,26)18-7-3-1-4-8-18)17-9-11-19(12-10-17)30(27,28)23-13-5-2-6-14-23/h9-12,18,20H,1-8,13-16H2. The molecule has 1 amide bonds. The van der Waals surface area contributed by atoms with Gasteiger partial charge in [0.05, 0.1) is 15.4 Å². The highest BCUT2D eigenvalue weighted by Gasteiger charge is 2.43. The largest absolute Gasteiger partial charge is 0.336 e. The zero-order chi connectivity index (χ0) is 21.4. The molecule has 7 nitrogen and oxygen atoms in total. The lowest BCUT2D eigenvalue weighted by Gasteiger charge is -2.40. The van der Waals surface area contributed by atoms with Gasteiger partial charge in [0.25, 0.3) is 5.91 Å². The molecule has 0 N–H and O–H groups in total. The number of sulfone groups is 1. The van der Waals surface area contributed by atoms with Gasteiger partial charge in [-0.15, -0.1) is 0 Å². The molecule has 0 unspecified atom stereocenters. The van der Waals surface area contributed by atoms with Gasteiger partial charge in [0.1, 0.15) is 0 Å². The van der Waals surface area contributed by atoms with Crippen molar-refractivity contribution in [1.29, 1.82) is 0 Å². The lowest BCUT2D eigenvalue weighted by molar-refractivity contribution is 0.0658. The smallest absolute Gasteiger partial charge is 0.253 e. The highest BCUT2D eigenvalue weighted by atomic mass is 32.2. The van der Waals surface area contributed by atoms with Gasteiger partial charge >= 0.3 is 0 Å². The van der Waals surface area contributed by atoms with E-state index >= 15 is 0 Å². The van der Waals surface area contributed by atoms with Crippen molar-refractivity contribution in [1.82, 2.24) is 9.21 Å². The Labute approximate surface area is 179 Å². The molecule has 2 aliphatic heterocycles. The first kappa shape index (κ1) is 21.8. The van der Waals surface area contributed by atoms with Crippen LogP contribution in [-0.4, -0.2) is 68.6 Å². The van der Waals surface area contributed by atoms with Crippen LogP contribution in [0, 0.1) is 0 Å². The predicted molar refractivity (Wildman–Crippen MR) is 115 cm³/mol. The second-order valence-corrected chi connectivity index (χ2v) is 13.1. The van der Waals surface area contributed by atoms with Gasteiger partial charge < -0.3 is 4.90 Å². The molecule has 2 saturated heterocycles. The Hall–Kier alpha value is -1.45. The van der Waals surface area contributed by atoms with E-state index in [-0.39, 0.29) is 29.1 Å². The summed E-state index contributed by atoms with van der Waals surface area (Å²) in [7, 11) is -6.72. The topological polar surface area (TPSA) is 91.8 Å². The molecule has 9 heteroatoms. The Balaban J connectivity index is 1.38.